The summed E-state index contributed by atoms with van der Waals surface area (Å²) in [7, 11) is 2.20. The first kappa shape index (κ1) is 16.7. The van der Waals surface area contributed by atoms with Gasteiger partial charge in [0, 0.05) is 18.6 Å². The van der Waals surface area contributed by atoms with Crippen molar-refractivity contribution in [1.29, 1.82) is 0 Å². The Labute approximate surface area is 149 Å². The Morgan fingerprint density at radius 1 is 1.08 bits per heavy atom. The maximum atomic E-state index is 13.2. The van der Waals surface area contributed by atoms with Crippen molar-refractivity contribution in [2.24, 2.45) is 0 Å². The third-order valence-corrected chi connectivity index (χ3v) is 6.04. The second kappa shape index (κ2) is 6.87. The van der Waals surface area contributed by atoms with Gasteiger partial charge in [0.2, 0.25) is 5.91 Å². The minimum atomic E-state index is -0.150. The number of nitrogens with zero attached hydrogens (tertiary/aromatic N) is 2. The fourth-order valence-electron chi connectivity index (χ4n) is 4.61. The third kappa shape index (κ3) is 3.10. The number of likely N-dealkylation sites (tertiary alicyclic amines) is 2. The fourth-order valence-corrected chi connectivity index (χ4v) is 4.61. The SMILES string of the molecule is C[C@H](C(=O)N1CCC[C@H]1[C@@H]1CCCN1C)c1ccc2c(c1)OCCO2. The summed E-state index contributed by atoms with van der Waals surface area (Å²) in [5.74, 6) is 1.64. The first-order valence-corrected chi connectivity index (χ1v) is 9.55. The molecule has 3 heterocycles. The molecule has 5 nitrogen and oxygen atoms in total. The van der Waals surface area contributed by atoms with Gasteiger partial charge in [-0.3, -0.25) is 4.79 Å². The van der Waals surface area contributed by atoms with E-state index >= 15 is 0 Å². The van der Waals surface area contributed by atoms with Crippen molar-refractivity contribution in [3.63, 3.8) is 0 Å². The number of carbonyl (C=O) groups excluding carboxylic acids is 1. The molecule has 1 amide bonds. The highest BCUT2D eigenvalue weighted by Gasteiger charge is 2.39. The lowest BCUT2D eigenvalue weighted by Gasteiger charge is -2.34. The highest BCUT2D eigenvalue weighted by molar-refractivity contribution is 5.84. The molecule has 0 spiro atoms. The zero-order valence-corrected chi connectivity index (χ0v) is 15.2. The summed E-state index contributed by atoms with van der Waals surface area (Å²) in [5, 5.41) is 0. The summed E-state index contributed by atoms with van der Waals surface area (Å²) in [6.45, 7) is 5.22. The van der Waals surface area contributed by atoms with E-state index in [2.05, 4.69) is 16.8 Å². The van der Waals surface area contributed by atoms with E-state index in [0.29, 0.717) is 25.3 Å². The van der Waals surface area contributed by atoms with Gasteiger partial charge in [-0.1, -0.05) is 6.07 Å². The quantitative estimate of drug-likeness (QED) is 0.845. The molecule has 0 bridgehead atoms. The normalized spacial score (nSPS) is 27.5. The van der Waals surface area contributed by atoms with Crippen LogP contribution in [-0.4, -0.2) is 61.1 Å². The van der Waals surface area contributed by atoms with Crippen LogP contribution in [0.1, 0.15) is 44.1 Å². The highest BCUT2D eigenvalue weighted by Crippen LogP contribution is 2.35. The average molecular weight is 344 g/mol. The fraction of sp³-hybridized carbons (Fsp3) is 0.650. The Morgan fingerprint density at radius 3 is 2.56 bits per heavy atom. The van der Waals surface area contributed by atoms with Crippen LogP contribution in [0.25, 0.3) is 0 Å². The van der Waals surface area contributed by atoms with Gasteiger partial charge in [-0.2, -0.15) is 0 Å². The van der Waals surface area contributed by atoms with E-state index in [4.69, 9.17) is 9.47 Å². The zero-order chi connectivity index (χ0) is 17.4. The smallest absolute Gasteiger partial charge is 0.230 e. The Kier molecular flexibility index (Phi) is 4.59. The molecule has 0 aromatic heterocycles. The van der Waals surface area contributed by atoms with E-state index in [9.17, 15) is 4.79 Å². The van der Waals surface area contributed by atoms with Gasteiger partial charge in [-0.25, -0.2) is 0 Å². The number of carbonyl (C=O) groups is 1. The van der Waals surface area contributed by atoms with Crippen molar-refractivity contribution in [2.75, 3.05) is 33.4 Å². The van der Waals surface area contributed by atoms with Gasteiger partial charge in [0.1, 0.15) is 13.2 Å². The minimum Gasteiger partial charge on any atom is -0.486 e. The van der Waals surface area contributed by atoms with Crippen LogP contribution < -0.4 is 9.47 Å². The highest BCUT2D eigenvalue weighted by atomic mass is 16.6. The van der Waals surface area contributed by atoms with E-state index in [1.165, 1.54) is 12.8 Å². The molecule has 136 valence electrons. The molecule has 0 saturated carbocycles. The molecular formula is C20H28N2O3. The monoisotopic (exact) mass is 344 g/mol. The van der Waals surface area contributed by atoms with E-state index in [-0.39, 0.29) is 11.8 Å². The number of likely N-dealkylation sites (N-methyl/N-ethyl adjacent to an activating group) is 1. The minimum absolute atomic E-state index is 0.150. The molecular weight excluding hydrogens is 316 g/mol. The number of rotatable bonds is 3. The third-order valence-electron chi connectivity index (χ3n) is 6.04. The van der Waals surface area contributed by atoms with E-state index in [1.54, 1.807) is 0 Å². The van der Waals surface area contributed by atoms with Gasteiger partial charge in [-0.15, -0.1) is 0 Å². The van der Waals surface area contributed by atoms with Crippen LogP contribution in [0.15, 0.2) is 18.2 Å². The molecule has 2 saturated heterocycles. The van der Waals surface area contributed by atoms with E-state index < -0.39 is 0 Å². The molecule has 0 aliphatic carbocycles. The van der Waals surface area contributed by atoms with E-state index in [0.717, 1.165) is 43.0 Å². The predicted octanol–water partition coefficient (Wildman–Crippen LogP) is 2.65. The van der Waals surface area contributed by atoms with Gasteiger partial charge in [0.05, 0.1) is 5.92 Å². The summed E-state index contributed by atoms with van der Waals surface area (Å²) in [6, 6.07) is 6.81. The van der Waals surface area contributed by atoms with Gasteiger partial charge in [-0.05, 0) is 63.9 Å². The van der Waals surface area contributed by atoms with Crippen molar-refractivity contribution in [3.8, 4) is 11.5 Å². The molecule has 0 unspecified atom stereocenters. The molecule has 3 atom stereocenters. The number of ether oxygens (including phenoxy) is 2. The molecule has 4 rings (SSSR count). The maximum absolute atomic E-state index is 13.2. The first-order valence-electron chi connectivity index (χ1n) is 9.55. The molecule has 1 aromatic rings. The number of fused-ring (bicyclic) bond motifs is 1. The Hall–Kier alpha value is -1.75. The van der Waals surface area contributed by atoms with Gasteiger partial charge >= 0.3 is 0 Å². The molecule has 3 aliphatic rings. The zero-order valence-electron chi connectivity index (χ0n) is 15.2. The largest absolute Gasteiger partial charge is 0.486 e. The number of hydrogen-bond acceptors (Lipinski definition) is 4. The lowest BCUT2D eigenvalue weighted by atomic mass is 9.97. The molecule has 1 aromatic carbocycles. The summed E-state index contributed by atoms with van der Waals surface area (Å²) >= 11 is 0. The molecule has 0 N–H and O–H groups in total. The first-order chi connectivity index (χ1) is 12.1. The Bertz CT molecular complexity index is 648. The van der Waals surface area contributed by atoms with Crippen molar-refractivity contribution < 1.29 is 14.3 Å². The summed E-state index contributed by atoms with van der Waals surface area (Å²) < 4.78 is 11.3. The number of benzene rings is 1. The van der Waals surface area contributed by atoms with Crippen LogP contribution in [-0.2, 0) is 4.79 Å². The number of amides is 1. The summed E-state index contributed by atoms with van der Waals surface area (Å²) in [5.41, 5.74) is 1.01. The standard InChI is InChI=1S/C20H28N2O3/c1-14(15-7-8-18-19(13-15)25-12-11-24-18)20(23)22-10-4-6-17(22)16-5-3-9-21(16)2/h7-8,13-14,16-17H,3-6,9-12H2,1-2H3/t14-,16-,17-/m0/s1. The number of hydrogen-bond donors (Lipinski definition) is 0. The van der Waals surface area contributed by atoms with Crippen LogP contribution in [0.2, 0.25) is 0 Å². The molecule has 3 aliphatic heterocycles. The average Bonchev–Trinajstić information content (AvgIpc) is 3.28. The summed E-state index contributed by atoms with van der Waals surface area (Å²) in [6.07, 6.45) is 4.71. The molecule has 0 radical (unpaired) electrons. The topological polar surface area (TPSA) is 42.0 Å². The van der Waals surface area contributed by atoms with Crippen LogP contribution >= 0.6 is 0 Å². The Morgan fingerprint density at radius 2 is 1.80 bits per heavy atom. The predicted molar refractivity (Wildman–Crippen MR) is 96.2 cm³/mol. The van der Waals surface area contributed by atoms with Crippen LogP contribution in [0.5, 0.6) is 11.5 Å². The van der Waals surface area contributed by atoms with Crippen molar-refractivity contribution >= 4 is 5.91 Å². The van der Waals surface area contributed by atoms with Crippen molar-refractivity contribution in [1.82, 2.24) is 9.80 Å². The van der Waals surface area contributed by atoms with Crippen LogP contribution in [0.4, 0.5) is 0 Å². The summed E-state index contributed by atoms with van der Waals surface area (Å²) in [4.78, 5) is 17.8. The van der Waals surface area contributed by atoms with Gasteiger partial charge in [0.15, 0.2) is 11.5 Å². The molecule has 5 heteroatoms. The van der Waals surface area contributed by atoms with Crippen LogP contribution in [0, 0.1) is 0 Å². The lowest BCUT2D eigenvalue weighted by molar-refractivity contribution is -0.134. The second-order valence-corrected chi connectivity index (χ2v) is 7.56. The Balaban J connectivity index is 1.51. The van der Waals surface area contributed by atoms with Crippen LogP contribution in [0.3, 0.4) is 0 Å². The van der Waals surface area contributed by atoms with Crippen molar-refractivity contribution in [3.05, 3.63) is 23.8 Å². The van der Waals surface area contributed by atoms with Gasteiger partial charge in [0.25, 0.3) is 0 Å². The maximum Gasteiger partial charge on any atom is 0.230 e. The van der Waals surface area contributed by atoms with Gasteiger partial charge < -0.3 is 19.3 Å². The lowest BCUT2D eigenvalue weighted by Crippen LogP contribution is -2.48. The van der Waals surface area contributed by atoms with E-state index in [1.807, 2.05) is 25.1 Å². The second-order valence-electron chi connectivity index (χ2n) is 7.56. The molecule has 25 heavy (non-hydrogen) atoms. The molecule has 2 fully saturated rings. The van der Waals surface area contributed by atoms with Crippen molar-refractivity contribution in [2.45, 2.75) is 50.6 Å².